The fraction of sp³-hybridized carbons (Fsp3) is 0.391. The average Bonchev–Trinajstić information content (AvgIpc) is 2.60. The maximum Gasteiger partial charge on any atom is 0.149 e. The topological polar surface area (TPSA) is 0 Å². The van der Waals surface area contributed by atoms with Crippen LogP contribution in [0.3, 0.4) is 0 Å². The molecule has 0 amide bonds. The van der Waals surface area contributed by atoms with Crippen molar-refractivity contribution in [1.29, 1.82) is 0 Å². The van der Waals surface area contributed by atoms with Crippen LogP contribution in [0.5, 0.6) is 0 Å². The molecule has 0 spiro atoms. The Balaban J connectivity index is 4.90. The first-order valence-electron chi connectivity index (χ1n) is 8.95. The van der Waals surface area contributed by atoms with Gasteiger partial charge >= 0.3 is 0 Å². The smallest absolute Gasteiger partial charge is 0.104 e. The van der Waals surface area contributed by atoms with Crippen molar-refractivity contribution in [3.05, 3.63) is 72.3 Å². The normalized spacial score (nSPS) is 15.0. The summed E-state index contributed by atoms with van der Waals surface area (Å²) in [5.41, 5.74) is 3.12. The highest BCUT2D eigenvalue weighted by Gasteiger charge is 2.07. The summed E-state index contributed by atoms with van der Waals surface area (Å²) in [6.07, 6.45) is 14.6. The van der Waals surface area contributed by atoms with E-state index in [2.05, 4.69) is 76.9 Å². The van der Waals surface area contributed by atoms with Gasteiger partial charge in [0.05, 0.1) is 0 Å². The second-order valence-corrected chi connectivity index (χ2v) is 6.26. The molecule has 0 saturated carbocycles. The van der Waals surface area contributed by atoms with E-state index in [1.165, 1.54) is 5.57 Å². The molecule has 0 N–H and O–H groups in total. The molecular weight excluding hydrogens is 287 g/mol. The van der Waals surface area contributed by atoms with Gasteiger partial charge in [-0.05, 0) is 38.2 Å². The van der Waals surface area contributed by atoms with Gasteiger partial charge in [0, 0.05) is 11.1 Å². The molecule has 2 atom stereocenters. The summed E-state index contributed by atoms with van der Waals surface area (Å²) in [5, 5.41) is 0. The van der Waals surface area contributed by atoms with E-state index >= 15 is 0 Å². The molecule has 0 aliphatic carbocycles. The van der Waals surface area contributed by atoms with Crippen molar-refractivity contribution in [1.82, 2.24) is 0 Å². The minimum Gasteiger partial charge on any atom is -0.104 e. The third-order valence-electron chi connectivity index (χ3n) is 4.16. The predicted octanol–water partition coefficient (Wildman–Crippen LogP) is 6.23. The van der Waals surface area contributed by atoms with Crippen LogP contribution in [0.1, 0.15) is 41.0 Å². The van der Waals surface area contributed by atoms with Crippen LogP contribution >= 0.6 is 0 Å². The number of hydrogen-bond donors (Lipinski definition) is 0. The molecule has 0 radical (unpaired) electrons. The first-order valence-corrected chi connectivity index (χ1v) is 8.95. The lowest BCUT2D eigenvalue weighted by Gasteiger charge is -2.14. The molecule has 0 aromatic rings. The van der Waals surface area contributed by atoms with Crippen LogP contribution in [0, 0.1) is 23.7 Å². The molecule has 1 heteroatoms. The minimum absolute atomic E-state index is 0.555. The summed E-state index contributed by atoms with van der Waals surface area (Å²) in [4.78, 5) is 0. The Kier molecular flexibility index (Phi) is 12.4. The average molecular weight is 320 g/mol. The van der Waals surface area contributed by atoms with E-state index in [4.69, 9.17) is 0 Å². The zero-order valence-corrected chi connectivity index (χ0v) is 16.2. The summed E-state index contributed by atoms with van der Waals surface area (Å²) < 4.78 is 0. The molecule has 0 aliphatic heterocycles. The third kappa shape index (κ3) is 10.7. The molecule has 0 aromatic carbocycles. The minimum atomic E-state index is 0.555. The van der Waals surface area contributed by atoms with Gasteiger partial charge in [-0.3, -0.25) is 0 Å². The Hall–Kier alpha value is -1.94. The first kappa shape index (κ1) is 22.1. The van der Waals surface area contributed by atoms with Crippen LogP contribution in [0.25, 0.3) is 0 Å². The van der Waals surface area contributed by atoms with Crippen molar-refractivity contribution in [3.8, 4) is 11.8 Å². The molecule has 0 fully saturated rings. The van der Waals surface area contributed by atoms with E-state index in [-0.39, 0.29) is 0 Å². The fourth-order valence-corrected chi connectivity index (χ4v) is 1.92. The predicted molar refractivity (Wildman–Crippen MR) is 113 cm³/mol. The van der Waals surface area contributed by atoms with E-state index < -0.39 is 0 Å². The van der Waals surface area contributed by atoms with Crippen LogP contribution in [0.15, 0.2) is 72.3 Å². The molecule has 0 bridgehead atoms. The monoisotopic (exact) mass is 320 g/mol. The lowest BCUT2D eigenvalue weighted by Crippen LogP contribution is -2.07. The molecule has 0 nitrogen and oxygen atoms in total. The zero-order chi connectivity index (χ0) is 18.4. The van der Waals surface area contributed by atoms with Crippen molar-refractivity contribution >= 4 is 7.28 Å². The molecule has 128 valence electrons. The van der Waals surface area contributed by atoms with Crippen molar-refractivity contribution in [2.45, 2.75) is 47.4 Å². The van der Waals surface area contributed by atoms with E-state index in [0.717, 1.165) is 31.2 Å². The second kappa shape index (κ2) is 13.5. The van der Waals surface area contributed by atoms with E-state index in [9.17, 15) is 0 Å². The molecule has 0 aromatic heterocycles. The van der Waals surface area contributed by atoms with Gasteiger partial charge in [0.1, 0.15) is 7.28 Å². The number of hydrogen-bond acceptors (Lipinski definition) is 0. The standard InChI is InChI=1S/C23H33B/c1-8-11-12-23(18-24-17-22(7)21(6)10-3)16-15-20(5)14-13-19(4)9-2/h9-14,18,21-22,24H,3,5,8,17H2,1-2,4,6-7H3/b12-11-,14-13-,19-9-,23-18+/t21-,22?/m1/s1. The maximum atomic E-state index is 4.01. The molecule has 0 heterocycles. The molecule has 0 aliphatic rings. The Bertz CT molecular complexity index is 573. The van der Waals surface area contributed by atoms with Gasteiger partial charge in [0.25, 0.3) is 0 Å². The highest BCUT2D eigenvalue weighted by molar-refractivity contribution is 6.42. The summed E-state index contributed by atoms with van der Waals surface area (Å²) >= 11 is 0. The highest BCUT2D eigenvalue weighted by atomic mass is 14.1. The van der Waals surface area contributed by atoms with Crippen LogP contribution in [0.2, 0.25) is 6.32 Å². The van der Waals surface area contributed by atoms with Crippen molar-refractivity contribution in [2.24, 2.45) is 11.8 Å². The summed E-state index contributed by atoms with van der Waals surface area (Å²) in [6, 6.07) is 0. The fourth-order valence-electron chi connectivity index (χ4n) is 1.92. The van der Waals surface area contributed by atoms with Gasteiger partial charge in [-0.25, -0.2) is 0 Å². The molecule has 1 unspecified atom stereocenters. The molecule has 0 saturated heterocycles. The van der Waals surface area contributed by atoms with Crippen LogP contribution in [0.4, 0.5) is 0 Å². The lowest BCUT2D eigenvalue weighted by molar-refractivity contribution is 0.504. The molecular formula is C23H33B. The van der Waals surface area contributed by atoms with E-state index in [1.807, 2.05) is 25.2 Å². The largest absolute Gasteiger partial charge is 0.149 e. The van der Waals surface area contributed by atoms with Crippen molar-refractivity contribution in [2.75, 3.05) is 0 Å². The molecule has 0 rings (SSSR count). The van der Waals surface area contributed by atoms with E-state index in [0.29, 0.717) is 11.8 Å². The quantitative estimate of drug-likeness (QED) is 0.204. The van der Waals surface area contributed by atoms with Gasteiger partial charge in [0.2, 0.25) is 0 Å². The van der Waals surface area contributed by atoms with Gasteiger partial charge in [-0.15, -0.1) is 12.6 Å². The van der Waals surface area contributed by atoms with E-state index in [1.54, 1.807) is 0 Å². The summed E-state index contributed by atoms with van der Waals surface area (Å²) in [5.74, 6) is 9.83. The van der Waals surface area contributed by atoms with Gasteiger partial charge in [-0.2, -0.15) is 0 Å². The number of allylic oxidation sites excluding steroid dienone is 9. The van der Waals surface area contributed by atoms with Gasteiger partial charge in [-0.1, -0.05) is 81.5 Å². The first-order chi connectivity index (χ1) is 11.4. The van der Waals surface area contributed by atoms with Gasteiger partial charge < -0.3 is 0 Å². The lowest BCUT2D eigenvalue weighted by atomic mass is 9.66. The number of rotatable bonds is 9. The molecule has 24 heavy (non-hydrogen) atoms. The summed E-state index contributed by atoms with van der Waals surface area (Å²) in [6.45, 7) is 18.6. The van der Waals surface area contributed by atoms with Crippen LogP contribution in [-0.4, -0.2) is 7.28 Å². The Morgan fingerprint density at radius 2 is 1.88 bits per heavy atom. The third-order valence-corrected chi connectivity index (χ3v) is 4.16. The van der Waals surface area contributed by atoms with Crippen molar-refractivity contribution < 1.29 is 0 Å². The maximum absolute atomic E-state index is 4.01. The second-order valence-electron chi connectivity index (χ2n) is 6.26. The van der Waals surface area contributed by atoms with Crippen LogP contribution < -0.4 is 0 Å². The zero-order valence-electron chi connectivity index (χ0n) is 16.2. The van der Waals surface area contributed by atoms with Crippen LogP contribution in [-0.2, 0) is 0 Å². The Morgan fingerprint density at radius 3 is 2.46 bits per heavy atom. The SMILES string of the molecule is C=C[C@@H](C)C(C)CB/C=C(C#CC(=C)/C=C\C(C)=C/C)\C=C/CC. The Labute approximate surface area is 151 Å². The highest BCUT2D eigenvalue weighted by Crippen LogP contribution is 2.16. The van der Waals surface area contributed by atoms with Gasteiger partial charge in [0.15, 0.2) is 0 Å². The summed E-state index contributed by atoms with van der Waals surface area (Å²) in [7, 11) is 1.04. The van der Waals surface area contributed by atoms with Crippen molar-refractivity contribution in [3.63, 3.8) is 0 Å². The Morgan fingerprint density at radius 1 is 1.17 bits per heavy atom.